The van der Waals surface area contributed by atoms with Gasteiger partial charge >= 0.3 is 0 Å². The first kappa shape index (κ1) is 19.1. The lowest BCUT2D eigenvalue weighted by molar-refractivity contribution is -0.120. The summed E-state index contributed by atoms with van der Waals surface area (Å²) in [7, 11) is 0. The van der Waals surface area contributed by atoms with Gasteiger partial charge in [-0.15, -0.1) is 0 Å². The van der Waals surface area contributed by atoms with Gasteiger partial charge in [-0.3, -0.25) is 9.59 Å². The van der Waals surface area contributed by atoms with E-state index in [0.717, 1.165) is 15.8 Å². The maximum absolute atomic E-state index is 12.5. The molecule has 0 spiro atoms. The molecule has 1 aliphatic rings. The molecule has 0 atom stereocenters. The van der Waals surface area contributed by atoms with E-state index in [9.17, 15) is 9.59 Å². The van der Waals surface area contributed by atoms with Gasteiger partial charge in [0.05, 0.1) is 11.6 Å². The van der Waals surface area contributed by atoms with Crippen LogP contribution in [0.1, 0.15) is 35.7 Å². The van der Waals surface area contributed by atoms with Crippen molar-refractivity contribution in [3.63, 3.8) is 0 Å². The highest BCUT2D eigenvalue weighted by atomic mass is 79.9. The van der Waals surface area contributed by atoms with Crippen molar-refractivity contribution in [2.24, 2.45) is 5.92 Å². The van der Waals surface area contributed by atoms with Crippen molar-refractivity contribution < 1.29 is 9.59 Å². The number of amides is 1. The lowest BCUT2D eigenvalue weighted by atomic mass is 9.94. The van der Waals surface area contributed by atoms with E-state index < -0.39 is 0 Å². The standard InChI is InChI=1S/C21H20BrN3O2/c1-14(26)19-7-2-15(13-23)12-20(19)25-10-8-16(9-11-25)21(27)24-18-5-3-17(22)4-6-18/h2-7,12,16H,8-11H2,1H3,(H,24,27). The summed E-state index contributed by atoms with van der Waals surface area (Å²) in [5.41, 5.74) is 2.72. The zero-order valence-corrected chi connectivity index (χ0v) is 16.6. The summed E-state index contributed by atoms with van der Waals surface area (Å²) in [4.78, 5) is 26.6. The number of halogens is 1. The van der Waals surface area contributed by atoms with Crippen LogP contribution in [0.5, 0.6) is 0 Å². The third-order valence-electron chi connectivity index (χ3n) is 4.82. The minimum absolute atomic E-state index is 0.0227. The molecule has 5 nitrogen and oxygen atoms in total. The molecular weight excluding hydrogens is 406 g/mol. The molecule has 1 fully saturated rings. The molecule has 0 bridgehead atoms. The highest BCUT2D eigenvalue weighted by molar-refractivity contribution is 9.10. The normalized spacial score (nSPS) is 14.5. The number of piperidine rings is 1. The molecule has 27 heavy (non-hydrogen) atoms. The summed E-state index contributed by atoms with van der Waals surface area (Å²) < 4.78 is 0.967. The predicted octanol–water partition coefficient (Wildman–Crippen LogP) is 4.38. The maximum Gasteiger partial charge on any atom is 0.227 e. The second kappa shape index (κ2) is 8.36. The molecule has 1 heterocycles. The Labute approximate surface area is 167 Å². The summed E-state index contributed by atoms with van der Waals surface area (Å²) in [6, 6.07) is 14.8. The van der Waals surface area contributed by atoms with Crippen LogP contribution in [0.3, 0.4) is 0 Å². The number of rotatable bonds is 4. The number of hydrogen-bond donors (Lipinski definition) is 1. The number of carbonyl (C=O) groups is 2. The molecule has 0 unspecified atom stereocenters. The quantitative estimate of drug-likeness (QED) is 0.737. The van der Waals surface area contributed by atoms with E-state index in [-0.39, 0.29) is 17.6 Å². The van der Waals surface area contributed by atoms with Gasteiger partial charge in [0, 0.05) is 40.4 Å². The Kier molecular flexibility index (Phi) is 5.92. The minimum atomic E-state index is -0.0650. The zero-order valence-electron chi connectivity index (χ0n) is 15.0. The van der Waals surface area contributed by atoms with E-state index in [2.05, 4.69) is 32.2 Å². The number of benzene rings is 2. The number of nitrogens with one attached hydrogen (secondary N) is 1. The molecule has 2 aromatic carbocycles. The van der Waals surface area contributed by atoms with E-state index >= 15 is 0 Å². The van der Waals surface area contributed by atoms with Gasteiger partial charge in [0.15, 0.2) is 5.78 Å². The fourth-order valence-corrected chi connectivity index (χ4v) is 3.58. The van der Waals surface area contributed by atoms with E-state index in [4.69, 9.17) is 5.26 Å². The average molecular weight is 426 g/mol. The number of ketones is 1. The van der Waals surface area contributed by atoms with Gasteiger partial charge in [-0.05, 0) is 62.2 Å². The van der Waals surface area contributed by atoms with Gasteiger partial charge in [0.2, 0.25) is 5.91 Å². The first-order valence-electron chi connectivity index (χ1n) is 8.84. The second-order valence-electron chi connectivity index (χ2n) is 6.66. The monoisotopic (exact) mass is 425 g/mol. The Morgan fingerprint density at radius 3 is 2.41 bits per heavy atom. The van der Waals surface area contributed by atoms with Crippen LogP contribution in [0.25, 0.3) is 0 Å². The Balaban J connectivity index is 1.67. The number of nitriles is 1. The summed E-state index contributed by atoms with van der Waals surface area (Å²) >= 11 is 3.38. The second-order valence-corrected chi connectivity index (χ2v) is 7.57. The molecule has 1 N–H and O–H groups in total. The van der Waals surface area contributed by atoms with Crippen LogP contribution in [0, 0.1) is 17.2 Å². The third-order valence-corrected chi connectivity index (χ3v) is 5.35. The van der Waals surface area contributed by atoms with E-state index in [1.807, 2.05) is 24.3 Å². The molecule has 1 saturated heterocycles. The summed E-state index contributed by atoms with van der Waals surface area (Å²) in [5.74, 6) is -0.0658. The van der Waals surface area contributed by atoms with Gasteiger partial charge in [-0.25, -0.2) is 0 Å². The van der Waals surface area contributed by atoms with Gasteiger partial charge in [0.1, 0.15) is 0 Å². The van der Waals surface area contributed by atoms with Crippen LogP contribution in [0.15, 0.2) is 46.9 Å². The van der Waals surface area contributed by atoms with Crippen molar-refractivity contribution in [3.05, 3.63) is 58.1 Å². The fraction of sp³-hybridized carbons (Fsp3) is 0.286. The molecule has 0 saturated carbocycles. The Bertz CT molecular complexity index is 895. The molecule has 2 aromatic rings. The molecule has 6 heteroatoms. The third kappa shape index (κ3) is 4.55. The van der Waals surface area contributed by atoms with Crippen LogP contribution in [0.2, 0.25) is 0 Å². The molecule has 138 valence electrons. The van der Waals surface area contributed by atoms with Crippen molar-refractivity contribution in [1.82, 2.24) is 0 Å². The van der Waals surface area contributed by atoms with Crippen LogP contribution in [-0.2, 0) is 4.79 Å². The number of carbonyl (C=O) groups excluding carboxylic acids is 2. The molecule has 1 amide bonds. The van der Waals surface area contributed by atoms with Crippen LogP contribution in [0.4, 0.5) is 11.4 Å². The van der Waals surface area contributed by atoms with Gasteiger partial charge < -0.3 is 10.2 Å². The van der Waals surface area contributed by atoms with Gasteiger partial charge in [-0.1, -0.05) is 15.9 Å². The first-order chi connectivity index (χ1) is 13.0. The average Bonchev–Trinajstić information content (AvgIpc) is 2.69. The Morgan fingerprint density at radius 2 is 1.81 bits per heavy atom. The van der Waals surface area contributed by atoms with Crippen molar-refractivity contribution in [2.75, 3.05) is 23.3 Å². The molecule has 0 aliphatic carbocycles. The van der Waals surface area contributed by atoms with Crippen LogP contribution >= 0.6 is 15.9 Å². The van der Waals surface area contributed by atoms with Gasteiger partial charge in [-0.2, -0.15) is 5.26 Å². The zero-order chi connectivity index (χ0) is 19.4. The first-order valence-corrected chi connectivity index (χ1v) is 9.63. The predicted molar refractivity (Wildman–Crippen MR) is 109 cm³/mol. The Hall–Kier alpha value is -2.65. The van der Waals surface area contributed by atoms with Crippen molar-refractivity contribution in [3.8, 4) is 6.07 Å². The summed E-state index contributed by atoms with van der Waals surface area (Å²) in [6.07, 6.45) is 1.41. The molecule has 1 aliphatic heterocycles. The lowest BCUT2D eigenvalue weighted by Crippen LogP contribution is -2.38. The largest absolute Gasteiger partial charge is 0.371 e. The topological polar surface area (TPSA) is 73.2 Å². The van der Waals surface area contributed by atoms with Crippen molar-refractivity contribution in [1.29, 1.82) is 5.26 Å². The highest BCUT2D eigenvalue weighted by Crippen LogP contribution is 2.28. The SMILES string of the molecule is CC(=O)c1ccc(C#N)cc1N1CCC(C(=O)Nc2ccc(Br)cc2)CC1. The minimum Gasteiger partial charge on any atom is -0.371 e. The number of Topliss-reactive ketones (excluding diaryl/α,β-unsaturated/α-hetero) is 1. The fourth-order valence-electron chi connectivity index (χ4n) is 3.32. The van der Waals surface area contributed by atoms with E-state index in [1.165, 1.54) is 6.92 Å². The Morgan fingerprint density at radius 1 is 1.15 bits per heavy atom. The van der Waals surface area contributed by atoms with Crippen LogP contribution in [-0.4, -0.2) is 24.8 Å². The molecule has 0 radical (unpaired) electrons. The smallest absolute Gasteiger partial charge is 0.227 e. The maximum atomic E-state index is 12.5. The number of anilines is 2. The summed E-state index contributed by atoms with van der Waals surface area (Å²) in [5, 5.41) is 12.1. The van der Waals surface area contributed by atoms with E-state index in [0.29, 0.717) is 37.1 Å². The van der Waals surface area contributed by atoms with Gasteiger partial charge in [0.25, 0.3) is 0 Å². The molecule has 3 rings (SSSR count). The molecule has 0 aromatic heterocycles. The van der Waals surface area contributed by atoms with Crippen LogP contribution < -0.4 is 10.2 Å². The number of hydrogen-bond acceptors (Lipinski definition) is 4. The van der Waals surface area contributed by atoms with Crippen molar-refractivity contribution >= 4 is 39.0 Å². The lowest BCUT2D eigenvalue weighted by Gasteiger charge is -2.34. The number of nitrogens with zero attached hydrogens (tertiary/aromatic N) is 2. The highest BCUT2D eigenvalue weighted by Gasteiger charge is 2.26. The van der Waals surface area contributed by atoms with E-state index in [1.54, 1.807) is 18.2 Å². The van der Waals surface area contributed by atoms with Crippen molar-refractivity contribution in [2.45, 2.75) is 19.8 Å². The molecular formula is C21H20BrN3O2. The summed E-state index contributed by atoms with van der Waals surface area (Å²) in [6.45, 7) is 2.88.